The van der Waals surface area contributed by atoms with E-state index in [1.807, 2.05) is 0 Å². The second-order valence-corrected chi connectivity index (χ2v) is 5.22. The molecular formula is C14H16ClFN2O. The van der Waals surface area contributed by atoms with Gasteiger partial charge in [-0.2, -0.15) is 0 Å². The van der Waals surface area contributed by atoms with E-state index in [2.05, 4.69) is 9.55 Å². The predicted molar refractivity (Wildman–Crippen MR) is 73.1 cm³/mol. The van der Waals surface area contributed by atoms with Gasteiger partial charge >= 0.3 is 0 Å². The van der Waals surface area contributed by atoms with Gasteiger partial charge in [-0.25, -0.2) is 9.37 Å². The Labute approximate surface area is 116 Å². The lowest BCUT2D eigenvalue weighted by molar-refractivity contribution is 0.0972. The molecule has 0 bridgehead atoms. The van der Waals surface area contributed by atoms with E-state index in [1.165, 1.54) is 12.1 Å². The van der Waals surface area contributed by atoms with Crippen molar-refractivity contribution in [2.75, 3.05) is 12.5 Å². The summed E-state index contributed by atoms with van der Waals surface area (Å²) in [5.41, 5.74) is 1.65. The molecule has 5 heteroatoms. The first-order valence-corrected chi connectivity index (χ1v) is 7.13. The van der Waals surface area contributed by atoms with E-state index in [1.54, 1.807) is 6.07 Å². The maximum absolute atomic E-state index is 13.4. The summed E-state index contributed by atoms with van der Waals surface area (Å²) in [6.45, 7) is 1.54. The highest BCUT2D eigenvalue weighted by Crippen LogP contribution is 2.22. The zero-order valence-electron chi connectivity index (χ0n) is 10.6. The molecule has 1 fully saturated rings. The lowest BCUT2D eigenvalue weighted by Gasteiger charge is -2.13. The van der Waals surface area contributed by atoms with Crippen molar-refractivity contribution in [3.05, 3.63) is 29.8 Å². The molecule has 0 saturated carbocycles. The number of imidazole rings is 1. The number of hydrogen-bond donors (Lipinski definition) is 0. The zero-order chi connectivity index (χ0) is 13.2. The summed E-state index contributed by atoms with van der Waals surface area (Å²) in [5.74, 6) is 1.18. The lowest BCUT2D eigenvalue weighted by atomic mass is 10.2. The molecule has 1 unspecified atom stereocenters. The molecule has 2 heterocycles. The quantitative estimate of drug-likeness (QED) is 0.806. The topological polar surface area (TPSA) is 27.1 Å². The molecule has 0 radical (unpaired) electrons. The van der Waals surface area contributed by atoms with Crippen LogP contribution in [0, 0.1) is 5.82 Å². The number of halogens is 2. The molecule has 3 rings (SSSR count). The van der Waals surface area contributed by atoms with Gasteiger partial charge in [0.05, 0.1) is 23.7 Å². The Morgan fingerprint density at radius 3 is 3.11 bits per heavy atom. The van der Waals surface area contributed by atoms with Crippen molar-refractivity contribution in [3.8, 4) is 0 Å². The van der Waals surface area contributed by atoms with E-state index < -0.39 is 0 Å². The molecule has 0 N–H and O–H groups in total. The Morgan fingerprint density at radius 1 is 1.47 bits per heavy atom. The predicted octanol–water partition coefficient (Wildman–Crippen LogP) is 3.14. The highest BCUT2D eigenvalue weighted by Gasteiger charge is 2.19. The number of aromatic nitrogens is 2. The van der Waals surface area contributed by atoms with E-state index in [9.17, 15) is 4.39 Å². The fourth-order valence-corrected chi connectivity index (χ4v) is 2.79. The molecule has 0 spiro atoms. The van der Waals surface area contributed by atoms with Crippen LogP contribution >= 0.6 is 11.6 Å². The standard InChI is InChI=1S/C14H16ClFN2O/c15-6-5-14-17-12-4-3-10(16)8-13(12)18(14)9-11-2-1-7-19-11/h3-4,8,11H,1-2,5-7,9H2. The minimum absolute atomic E-state index is 0.203. The van der Waals surface area contributed by atoms with E-state index in [-0.39, 0.29) is 11.9 Å². The van der Waals surface area contributed by atoms with Crippen LogP contribution < -0.4 is 0 Å². The van der Waals surface area contributed by atoms with Crippen molar-refractivity contribution in [2.45, 2.75) is 31.9 Å². The number of nitrogens with zero attached hydrogens (tertiary/aromatic N) is 2. The van der Waals surface area contributed by atoms with E-state index in [4.69, 9.17) is 16.3 Å². The van der Waals surface area contributed by atoms with E-state index >= 15 is 0 Å². The van der Waals surface area contributed by atoms with Crippen LogP contribution in [0.1, 0.15) is 18.7 Å². The Morgan fingerprint density at radius 2 is 2.37 bits per heavy atom. The Balaban J connectivity index is 2.01. The normalized spacial score (nSPS) is 19.4. The molecule has 102 valence electrons. The van der Waals surface area contributed by atoms with Crippen molar-refractivity contribution < 1.29 is 9.13 Å². The second-order valence-electron chi connectivity index (χ2n) is 4.85. The smallest absolute Gasteiger partial charge is 0.125 e. The highest BCUT2D eigenvalue weighted by molar-refractivity contribution is 6.17. The zero-order valence-corrected chi connectivity index (χ0v) is 11.4. The molecule has 3 nitrogen and oxygen atoms in total. The monoisotopic (exact) mass is 282 g/mol. The average Bonchev–Trinajstić information content (AvgIpc) is 3.00. The Kier molecular flexibility index (Phi) is 3.71. The Hall–Kier alpha value is -1.13. The van der Waals surface area contributed by atoms with Crippen LogP contribution in [0.15, 0.2) is 18.2 Å². The third kappa shape index (κ3) is 2.60. The minimum Gasteiger partial charge on any atom is -0.376 e. The van der Waals surface area contributed by atoms with Crippen LogP contribution in [0.3, 0.4) is 0 Å². The van der Waals surface area contributed by atoms with Crippen molar-refractivity contribution in [3.63, 3.8) is 0 Å². The van der Waals surface area contributed by atoms with Crippen LogP contribution in [0.4, 0.5) is 4.39 Å². The molecule has 1 aromatic heterocycles. The first-order valence-electron chi connectivity index (χ1n) is 6.60. The van der Waals surface area contributed by atoms with Gasteiger partial charge in [0.15, 0.2) is 0 Å². The van der Waals surface area contributed by atoms with Gasteiger partial charge in [-0.3, -0.25) is 0 Å². The summed E-state index contributed by atoms with van der Waals surface area (Å²) < 4.78 is 21.1. The van der Waals surface area contributed by atoms with Gasteiger partial charge in [-0.1, -0.05) is 0 Å². The second kappa shape index (κ2) is 5.47. The van der Waals surface area contributed by atoms with Gasteiger partial charge in [-0.15, -0.1) is 11.6 Å². The summed E-state index contributed by atoms with van der Waals surface area (Å²) in [7, 11) is 0. The molecule has 2 aromatic rings. The molecular weight excluding hydrogens is 267 g/mol. The number of ether oxygens (including phenoxy) is 1. The largest absolute Gasteiger partial charge is 0.376 e. The van der Waals surface area contributed by atoms with Gasteiger partial charge in [0.25, 0.3) is 0 Å². The molecule has 19 heavy (non-hydrogen) atoms. The van der Waals surface area contributed by atoms with Crippen molar-refractivity contribution >= 4 is 22.6 Å². The average molecular weight is 283 g/mol. The SMILES string of the molecule is Fc1ccc2nc(CCCl)n(CC3CCCO3)c2c1. The molecule has 0 amide bonds. The number of hydrogen-bond acceptors (Lipinski definition) is 2. The highest BCUT2D eigenvalue weighted by atomic mass is 35.5. The molecule has 1 aromatic carbocycles. The van der Waals surface area contributed by atoms with Crippen molar-refractivity contribution in [1.29, 1.82) is 0 Å². The van der Waals surface area contributed by atoms with Gasteiger partial charge in [-0.05, 0) is 31.0 Å². The third-order valence-electron chi connectivity index (χ3n) is 3.52. The van der Waals surface area contributed by atoms with Gasteiger partial charge in [0, 0.05) is 18.9 Å². The molecule has 0 aliphatic carbocycles. The van der Waals surface area contributed by atoms with E-state index in [0.29, 0.717) is 12.3 Å². The summed E-state index contributed by atoms with van der Waals surface area (Å²) in [4.78, 5) is 4.54. The number of aryl methyl sites for hydroxylation is 1. The number of alkyl halides is 1. The summed E-state index contributed by atoms with van der Waals surface area (Å²) in [6, 6.07) is 4.69. The van der Waals surface area contributed by atoms with Crippen LogP contribution in [-0.2, 0) is 17.7 Å². The molecule has 1 aliphatic heterocycles. The maximum Gasteiger partial charge on any atom is 0.125 e. The van der Waals surface area contributed by atoms with Crippen LogP contribution in [0.2, 0.25) is 0 Å². The summed E-state index contributed by atoms with van der Waals surface area (Å²) in [6.07, 6.45) is 3.03. The van der Waals surface area contributed by atoms with Crippen LogP contribution in [0.5, 0.6) is 0 Å². The maximum atomic E-state index is 13.4. The van der Waals surface area contributed by atoms with Gasteiger partial charge in [0.1, 0.15) is 11.6 Å². The first kappa shape index (κ1) is 12.9. The Bertz CT molecular complexity index is 578. The third-order valence-corrected chi connectivity index (χ3v) is 3.71. The fourth-order valence-electron chi connectivity index (χ4n) is 2.62. The number of rotatable bonds is 4. The van der Waals surface area contributed by atoms with Crippen LogP contribution in [0.25, 0.3) is 11.0 Å². The molecule has 1 atom stereocenters. The van der Waals surface area contributed by atoms with Crippen molar-refractivity contribution in [1.82, 2.24) is 9.55 Å². The van der Waals surface area contributed by atoms with Gasteiger partial charge < -0.3 is 9.30 Å². The summed E-state index contributed by atoms with van der Waals surface area (Å²) >= 11 is 5.82. The van der Waals surface area contributed by atoms with E-state index in [0.717, 1.165) is 42.9 Å². The lowest BCUT2D eigenvalue weighted by Crippen LogP contribution is -2.17. The molecule has 1 aliphatic rings. The molecule has 1 saturated heterocycles. The fraction of sp³-hybridized carbons (Fsp3) is 0.500. The number of fused-ring (bicyclic) bond motifs is 1. The minimum atomic E-state index is -0.238. The first-order chi connectivity index (χ1) is 9.28. The summed E-state index contributed by atoms with van der Waals surface area (Å²) in [5, 5.41) is 0. The van der Waals surface area contributed by atoms with Gasteiger partial charge in [0.2, 0.25) is 0 Å². The van der Waals surface area contributed by atoms with Crippen LogP contribution in [-0.4, -0.2) is 28.1 Å². The van der Waals surface area contributed by atoms with Crippen molar-refractivity contribution in [2.24, 2.45) is 0 Å². The number of benzene rings is 1.